The standard InChI is InChI=1S/C15H21BrFNO/c1-8-9(2)19-10(3)14(8)15(18-4)11-5-6-13(17)12(16)7-11/h5-10,14-15,18H,1-4H3. The van der Waals surface area contributed by atoms with Crippen LogP contribution in [0.5, 0.6) is 0 Å². The lowest BCUT2D eigenvalue weighted by atomic mass is 9.80. The Balaban J connectivity index is 2.31. The topological polar surface area (TPSA) is 21.3 Å². The summed E-state index contributed by atoms with van der Waals surface area (Å²) >= 11 is 3.26. The van der Waals surface area contributed by atoms with E-state index >= 15 is 0 Å². The van der Waals surface area contributed by atoms with E-state index in [0.717, 1.165) is 5.56 Å². The van der Waals surface area contributed by atoms with Crippen molar-refractivity contribution in [2.24, 2.45) is 11.8 Å². The lowest BCUT2D eigenvalue weighted by Gasteiger charge is -2.29. The van der Waals surface area contributed by atoms with Crippen molar-refractivity contribution in [1.82, 2.24) is 5.32 Å². The molecule has 1 aliphatic heterocycles. The minimum atomic E-state index is -0.226. The van der Waals surface area contributed by atoms with Gasteiger partial charge in [0.1, 0.15) is 5.82 Å². The van der Waals surface area contributed by atoms with Crippen molar-refractivity contribution >= 4 is 15.9 Å². The quantitative estimate of drug-likeness (QED) is 0.907. The van der Waals surface area contributed by atoms with Gasteiger partial charge in [-0.2, -0.15) is 0 Å². The van der Waals surface area contributed by atoms with Gasteiger partial charge in [0, 0.05) is 12.0 Å². The average Bonchev–Trinajstić information content (AvgIpc) is 2.61. The normalized spacial score (nSPS) is 32.5. The second-order valence-electron chi connectivity index (χ2n) is 5.42. The molecular formula is C15H21BrFNO. The molecular weight excluding hydrogens is 309 g/mol. The molecule has 19 heavy (non-hydrogen) atoms. The van der Waals surface area contributed by atoms with Crippen LogP contribution in [0.1, 0.15) is 32.4 Å². The summed E-state index contributed by atoms with van der Waals surface area (Å²) < 4.78 is 19.8. The molecule has 2 rings (SSSR count). The molecule has 0 aliphatic carbocycles. The maximum atomic E-state index is 13.4. The number of nitrogens with one attached hydrogen (secondary N) is 1. The summed E-state index contributed by atoms with van der Waals surface area (Å²) in [5.74, 6) is 0.629. The molecule has 1 fully saturated rings. The molecule has 0 aromatic heterocycles. The Morgan fingerprint density at radius 1 is 1.26 bits per heavy atom. The van der Waals surface area contributed by atoms with Gasteiger partial charge in [0.05, 0.1) is 16.7 Å². The van der Waals surface area contributed by atoms with E-state index in [4.69, 9.17) is 4.74 Å². The third-order valence-electron chi connectivity index (χ3n) is 4.32. The second kappa shape index (κ2) is 5.90. The number of hydrogen-bond donors (Lipinski definition) is 1. The molecule has 0 amide bonds. The van der Waals surface area contributed by atoms with Crippen molar-refractivity contribution in [1.29, 1.82) is 0 Å². The summed E-state index contributed by atoms with van der Waals surface area (Å²) in [5, 5.41) is 3.37. The minimum absolute atomic E-state index is 0.173. The fourth-order valence-corrected chi connectivity index (χ4v) is 3.55. The highest BCUT2D eigenvalue weighted by Crippen LogP contribution is 2.40. The lowest BCUT2D eigenvalue weighted by Crippen LogP contribution is -2.33. The molecule has 0 spiro atoms. The van der Waals surface area contributed by atoms with Crippen molar-refractivity contribution in [3.63, 3.8) is 0 Å². The molecule has 1 aromatic carbocycles. The van der Waals surface area contributed by atoms with Crippen LogP contribution in [0.2, 0.25) is 0 Å². The Bertz CT molecular complexity index is 454. The lowest BCUT2D eigenvalue weighted by molar-refractivity contribution is 0.0478. The average molecular weight is 330 g/mol. The van der Waals surface area contributed by atoms with Crippen LogP contribution in [0.15, 0.2) is 22.7 Å². The first-order valence-electron chi connectivity index (χ1n) is 6.73. The van der Waals surface area contributed by atoms with Crippen LogP contribution in [0.4, 0.5) is 4.39 Å². The molecule has 106 valence electrons. The molecule has 0 saturated carbocycles. The Morgan fingerprint density at radius 3 is 2.42 bits per heavy atom. The Hall–Kier alpha value is -0.450. The molecule has 1 aromatic rings. The smallest absolute Gasteiger partial charge is 0.137 e. The molecule has 5 unspecified atom stereocenters. The molecule has 4 heteroatoms. The van der Waals surface area contributed by atoms with Gasteiger partial charge < -0.3 is 10.1 Å². The first-order valence-corrected chi connectivity index (χ1v) is 7.52. The number of ether oxygens (including phenoxy) is 1. The Kier molecular flexibility index (Phi) is 4.64. The van der Waals surface area contributed by atoms with Crippen LogP contribution in [0, 0.1) is 17.7 Å². The van der Waals surface area contributed by atoms with Crippen LogP contribution >= 0.6 is 15.9 Å². The van der Waals surface area contributed by atoms with E-state index in [-0.39, 0.29) is 24.1 Å². The van der Waals surface area contributed by atoms with Crippen molar-refractivity contribution in [2.75, 3.05) is 7.05 Å². The molecule has 1 heterocycles. The van der Waals surface area contributed by atoms with Gasteiger partial charge in [-0.1, -0.05) is 13.0 Å². The number of benzene rings is 1. The van der Waals surface area contributed by atoms with Gasteiger partial charge in [0.2, 0.25) is 0 Å². The van der Waals surface area contributed by atoms with Crippen molar-refractivity contribution in [3.05, 3.63) is 34.1 Å². The summed E-state index contributed by atoms with van der Waals surface area (Å²) in [7, 11) is 1.95. The number of hydrogen-bond acceptors (Lipinski definition) is 2. The summed E-state index contributed by atoms with van der Waals surface area (Å²) in [4.78, 5) is 0. The fraction of sp³-hybridized carbons (Fsp3) is 0.600. The zero-order valence-electron chi connectivity index (χ0n) is 11.8. The Labute approximate surface area is 122 Å². The monoisotopic (exact) mass is 329 g/mol. The Morgan fingerprint density at radius 2 is 1.95 bits per heavy atom. The van der Waals surface area contributed by atoms with Crippen LogP contribution in [0.25, 0.3) is 0 Å². The highest BCUT2D eigenvalue weighted by Gasteiger charge is 2.41. The van der Waals surface area contributed by atoms with Crippen LogP contribution < -0.4 is 5.32 Å². The molecule has 1 N–H and O–H groups in total. The maximum Gasteiger partial charge on any atom is 0.137 e. The van der Waals surface area contributed by atoms with E-state index in [1.165, 1.54) is 6.07 Å². The van der Waals surface area contributed by atoms with Gasteiger partial charge >= 0.3 is 0 Å². The first-order chi connectivity index (χ1) is 8.95. The van der Waals surface area contributed by atoms with E-state index in [0.29, 0.717) is 16.3 Å². The predicted molar refractivity (Wildman–Crippen MR) is 78.6 cm³/mol. The van der Waals surface area contributed by atoms with E-state index < -0.39 is 0 Å². The number of rotatable bonds is 3. The SMILES string of the molecule is CNC(c1ccc(F)c(Br)c1)C1C(C)OC(C)C1C. The van der Waals surface area contributed by atoms with Crippen molar-refractivity contribution in [2.45, 2.75) is 39.0 Å². The van der Waals surface area contributed by atoms with Crippen LogP contribution in [-0.2, 0) is 4.74 Å². The van der Waals surface area contributed by atoms with E-state index in [9.17, 15) is 4.39 Å². The molecule has 5 atom stereocenters. The number of halogens is 2. The molecule has 0 bridgehead atoms. The van der Waals surface area contributed by atoms with Gasteiger partial charge in [0.25, 0.3) is 0 Å². The van der Waals surface area contributed by atoms with Gasteiger partial charge in [0.15, 0.2) is 0 Å². The van der Waals surface area contributed by atoms with Crippen LogP contribution in [-0.4, -0.2) is 19.3 Å². The molecule has 2 nitrogen and oxygen atoms in total. The van der Waals surface area contributed by atoms with E-state index in [2.05, 4.69) is 42.0 Å². The predicted octanol–water partition coefficient (Wildman–Crippen LogP) is 3.91. The zero-order valence-corrected chi connectivity index (χ0v) is 13.4. The first kappa shape index (κ1) is 14.9. The third kappa shape index (κ3) is 2.86. The van der Waals surface area contributed by atoms with Crippen molar-refractivity contribution in [3.8, 4) is 0 Å². The van der Waals surface area contributed by atoms with Crippen LogP contribution in [0.3, 0.4) is 0 Å². The van der Waals surface area contributed by atoms with Gasteiger partial charge in [-0.05, 0) is 60.4 Å². The maximum absolute atomic E-state index is 13.4. The zero-order chi connectivity index (χ0) is 14.2. The van der Waals surface area contributed by atoms with Gasteiger partial charge in [-0.15, -0.1) is 0 Å². The van der Waals surface area contributed by atoms with Gasteiger partial charge in [-0.25, -0.2) is 4.39 Å². The van der Waals surface area contributed by atoms with E-state index in [1.54, 1.807) is 0 Å². The molecule has 0 radical (unpaired) electrons. The minimum Gasteiger partial charge on any atom is -0.375 e. The summed E-state index contributed by atoms with van der Waals surface area (Å²) in [6, 6.07) is 5.40. The van der Waals surface area contributed by atoms with Gasteiger partial charge in [-0.3, -0.25) is 0 Å². The fourth-order valence-electron chi connectivity index (χ4n) is 3.16. The third-order valence-corrected chi connectivity index (χ3v) is 4.93. The summed E-state index contributed by atoms with van der Waals surface area (Å²) in [5.41, 5.74) is 1.09. The summed E-state index contributed by atoms with van der Waals surface area (Å²) in [6.07, 6.45) is 0.464. The van der Waals surface area contributed by atoms with E-state index in [1.807, 2.05) is 19.2 Å². The highest BCUT2D eigenvalue weighted by molar-refractivity contribution is 9.10. The largest absolute Gasteiger partial charge is 0.375 e. The van der Waals surface area contributed by atoms with Crippen molar-refractivity contribution < 1.29 is 9.13 Å². The molecule has 1 aliphatic rings. The second-order valence-corrected chi connectivity index (χ2v) is 6.28. The summed E-state index contributed by atoms with van der Waals surface area (Å²) in [6.45, 7) is 6.46. The highest BCUT2D eigenvalue weighted by atomic mass is 79.9. The molecule has 1 saturated heterocycles.